The lowest BCUT2D eigenvalue weighted by Crippen LogP contribution is -1.94. The Bertz CT molecular complexity index is 496. The van der Waals surface area contributed by atoms with Crippen molar-refractivity contribution in [3.05, 3.63) is 51.7 Å². The standard InChI is InChI=1S/C14H17NO2S/c1-16-9-11-3-2-4-12(7-11)17-10-14-6-5-13(8-15)18-14/h2-7H,8-10,15H2,1H3. The first kappa shape index (κ1) is 13.1. The lowest BCUT2D eigenvalue weighted by Gasteiger charge is -2.06. The normalized spacial score (nSPS) is 10.6. The molecule has 0 spiro atoms. The molecular formula is C14H17NO2S. The van der Waals surface area contributed by atoms with E-state index in [0.29, 0.717) is 19.8 Å². The second-order valence-electron chi connectivity index (χ2n) is 3.94. The van der Waals surface area contributed by atoms with E-state index in [2.05, 4.69) is 6.07 Å². The quantitative estimate of drug-likeness (QED) is 0.871. The second-order valence-corrected chi connectivity index (χ2v) is 5.19. The minimum Gasteiger partial charge on any atom is -0.488 e. The molecule has 0 radical (unpaired) electrons. The van der Waals surface area contributed by atoms with Crippen LogP contribution in [0.5, 0.6) is 5.75 Å². The molecule has 0 amide bonds. The summed E-state index contributed by atoms with van der Waals surface area (Å²) in [6.45, 7) is 1.78. The maximum atomic E-state index is 5.75. The maximum absolute atomic E-state index is 5.75. The van der Waals surface area contributed by atoms with Crippen molar-refractivity contribution in [1.82, 2.24) is 0 Å². The van der Waals surface area contributed by atoms with Gasteiger partial charge in [-0.2, -0.15) is 0 Å². The molecule has 3 nitrogen and oxygen atoms in total. The van der Waals surface area contributed by atoms with E-state index in [1.807, 2.05) is 30.3 Å². The van der Waals surface area contributed by atoms with E-state index in [0.717, 1.165) is 11.3 Å². The lowest BCUT2D eigenvalue weighted by atomic mass is 10.2. The zero-order valence-corrected chi connectivity index (χ0v) is 11.2. The molecule has 4 heteroatoms. The molecule has 0 bridgehead atoms. The number of rotatable bonds is 6. The summed E-state index contributed by atoms with van der Waals surface area (Å²) >= 11 is 1.69. The van der Waals surface area contributed by atoms with Crippen molar-refractivity contribution in [3.8, 4) is 5.75 Å². The van der Waals surface area contributed by atoms with E-state index < -0.39 is 0 Å². The number of methoxy groups -OCH3 is 1. The predicted octanol–water partition coefficient (Wildman–Crippen LogP) is 2.93. The number of ether oxygens (including phenoxy) is 2. The molecule has 18 heavy (non-hydrogen) atoms. The minimum absolute atomic E-state index is 0.584. The van der Waals surface area contributed by atoms with Crippen LogP contribution in [-0.2, 0) is 24.5 Å². The van der Waals surface area contributed by atoms with Gasteiger partial charge in [0.05, 0.1) is 6.61 Å². The second kappa shape index (κ2) is 6.54. The predicted molar refractivity (Wildman–Crippen MR) is 73.7 cm³/mol. The summed E-state index contributed by atoms with van der Waals surface area (Å²) in [5, 5.41) is 0. The average molecular weight is 263 g/mol. The molecule has 0 unspecified atom stereocenters. The lowest BCUT2D eigenvalue weighted by molar-refractivity contribution is 0.184. The molecule has 2 N–H and O–H groups in total. The Hall–Kier alpha value is -1.36. The Balaban J connectivity index is 1.94. The van der Waals surface area contributed by atoms with Crippen molar-refractivity contribution in [1.29, 1.82) is 0 Å². The van der Waals surface area contributed by atoms with Gasteiger partial charge in [0.1, 0.15) is 12.4 Å². The summed E-state index contributed by atoms with van der Waals surface area (Å²) < 4.78 is 10.8. The molecule has 96 valence electrons. The van der Waals surface area contributed by atoms with Crippen LogP contribution in [0.15, 0.2) is 36.4 Å². The highest BCUT2D eigenvalue weighted by molar-refractivity contribution is 7.11. The fraction of sp³-hybridized carbons (Fsp3) is 0.286. The molecule has 0 aliphatic carbocycles. The van der Waals surface area contributed by atoms with E-state index in [9.17, 15) is 0 Å². The summed E-state index contributed by atoms with van der Waals surface area (Å²) in [7, 11) is 1.69. The molecule has 2 aromatic rings. The monoisotopic (exact) mass is 263 g/mol. The van der Waals surface area contributed by atoms with Crippen LogP contribution in [0.3, 0.4) is 0 Å². The van der Waals surface area contributed by atoms with Gasteiger partial charge < -0.3 is 15.2 Å². The highest BCUT2D eigenvalue weighted by Gasteiger charge is 2.01. The van der Waals surface area contributed by atoms with Crippen molar-refractivity contribution in [2.24, 2.45) is 5.73 Å². The van der Waals surface area contributed by atoms with Crippen LogP contribution in [0, 0.1) is 0 Å². The third-order valence-corrected chi connectivity index (χ3v) is 3.59. The maximum Gasteiger partial charge on any atom is 0.122 e. The van der Waals surface area contributed by atoms with Crippen molar-refractivity contribution < 1.29 is 9.47 Å². The molecule has 0 fully saturated rings. The van der Waals surface area contributed by atoms with E-state index in [1.54, 1.807) is 18.4 Å². The van der Waals surface area contributed by atoms with Crippen LogP contribution < -0.4 is 10.5 Å². The van der Waals surface area contributed by atoms with Crippen LogP contribution >= 0.6 is 11.3 Å². The smallest absolute Gasteiger partial charge is 0.122 e. The zero-order valence-electron chi connectivity index (χ0n) is 10.4. The van der Waals surface area contributed by atoms with Crippen LogP contribution in [-0.4, -0.2) is 7.11 Å². The number of nitrogens with two attached hydrogens (primary N) is 1. The number of thiophene rings is 1. The Morgan fingerprint density at radius 3 is 2.67 bits per heavy atom. The van der Waals surface area contributed by atoms with E-state index >= 15 is 0 Å². The molecular weight excluding hydrogens is 246 g/mol. The van der Waals surface area contributed by atoms with Crippen molar-refractivity contribution in [2.45, 2.75) is 19.8 Å². The van der Waals surface area contributed by atoms with Gasteiger partial charge >= 0.3 is 0 Å². The van der Waals surface area contributed by atoms with Gasteiger partial charge in [0.25, 0.3) is 0 Å². The third-order valence-electron chi connectivity index (χ3n) is 2.51. The van der Waals surface area contributed by atoms with Crippen LogP contribution in [0.2, 0.25) is 0 Å². The van der Waals surface area contributed by atoms with Gasteiger partial charge in [-0.1, -0.05) is 12.1 Å². The Labute approximate surface area is 111 Å². The molecule has 0 saturated heterocycles. The van der Waals surface area contributed by atoms with Gasteiger partial charge in [-0.3, -0.25) is 0 Å². The number of hydrogen-bond acceptors (Lipinski definition) is 4. The first-order valence-corrected chi connectivity index (χ1v) is 6.62. The zero-order chi connectivity index (χ0) is 12.8. The van der Waals surface area contributed by atoms with Gasteiger partial charge in [0.15, 0.2) is 0 Å². The van der Waals surface area contributed by atoms with E-state index in [1.165, 1.54) is 9.75 Å². The fourth-order valence-corrected chi connectivity index (χ4v) is 2.47. The average Bonchev–Trinajstić information content (AvgIpc) is 2.85. The fourth-order valence-electron chi connectivity index (χ4n) is 1.66. The van der Waals surface area contributed by atoms with Gasteiger partial charge in [0.2, 0.25) is 0 Å². The molecule has 0 saturated carbocycles. The van der Waals surface area contributed by atoms with Crippen molar-refractivity contribution in [2.75, 3.05) is 7.11 Å². The molecule has 2 rings (SSSR count). The summed E-state index contributed by atoms with van der Waals surface area (Å²) in [5.74, 6) is 0.868. The summed E-state index contributed by atoms with van der Waals surface area (Å²) in [4.78, 5) is 2.37. The Morgan fingerprint density at radius 2 is 1.94 bits per heavy atom. The SMILES string of the molecule is COCc1cccc(OCc2ccc(CN)s2)c1. The van der Waals surface area contributed by atoms with Gasteiger partial charge in [-0.25, -0.2) is 0 Å². The minimum atomic E-state index is 0.584. The first-order chi connectivity index (χ1) is 8.81. The number of benzene rings is 1. The largest absolute Gasteiger partial charge is 0.488 e. The van der Waals surface area contributed by atoms with Crippen molar-refractivity contribution >= 4 is 11.3 Å². The molecule has 0 atom stereocenters. The molecule has 1 aromatic carbocycles. The Kier molecular flexibility index (Phi) is 4.75. The molecule has 1 aromatic heterocycles. The van der Waals surface area contributed by atoms with Gasteiger partial charge in [-0.05, 0) is 29.8 Å². The third kappa shape index (κ3) is 3.57. The van der Waals surface area contributed by atoms with Crippen LogP contribution in [0.25, 0.3) is 0 Å². The first-order valence-electron chi connectivity index (χ1n) is 5.80. The Morgan fingerprint density at radius 1 is 1.11 bits per heavy atom. The summed E-state index contributed by atoms with van der Waals surface area (Å²) in [6, 6.07) is 12.1. The highest BCUT2D eigenvalue weighted by Crippen LogP contribution is 2.20. The van der Waals surface area contributed by atoms with Gasteiger partial charge in [0, 0.05) is 23.4 Å². The summed E-state index contributed by atoms with van der Waals surface area (Å²) in [5.41, 5.74) is 6.69. The van der Waals surface area contributed by atoms with Crippen LogP contribution in [0.4, 0.5) is 0 Å². The number of hydrogen-bond donors (Lipinski definition) is 1. The molecule has 0 aliphatic heterocycles. The van der Waals surface area contributed by atoms with E-state index in [4.69, 9.17) is 15.2 Å². The molecule has 1 heterocycles. The highest BCUT2D eigenvalue weighted by atomic mass is 32.1. The van der Waals surface area contributed by atoms with E-state index in [-0.39, 0.29) is 0 Å². The topological polar surface area (TPSA) is 44.5 Å². The van der Waals surface area contributed by atoms with Gasteiger partial charge in [-0.15, -0.1) is 11.3 Å². The van der Waals surface area contributed by atoms with Crippen molar-refractivity contribution in [3.63, 3.8) is 0 Å². The van der Waals surface area contributed by atoms with Crippen LogP contribution in [0.1, 0.15) is 15.3 Å². The molecule has 0 aliphatic rings. The summed E-state index contributed by atoms with van der Waals surface area (Å²) in [6.07, 6.45) is 0.